The van der Waals surface area contributed by atoms with Gasteiger partial charge in [0.05, 0.1) is 17.5 Å². The summed E-state index contributed by atoms with van der Waals surface area (Å²) in [7, 11) is 0. The molecular weight excluding hydrogens is 985 g/mol. The lowest BCUT2D eigenvalue weighted by Gasteiger charge is -2.45. The van der Waals surface area contributed by atoms with Gasteiger partial charge in [0, 0.05) is 25.0 Å². The second-order valence-electron chi connectivity index (χ2n) is 17.5. The van der Waals surface area contributed by atoms with Crippen molar-refractivity contribution in [3.8, 4) is 0 Å². The molecule has 22 heteroatoms. The Morgan fingerprint density at radius 3 is 1.68 bits per heavy atom. The van der Waals surface area contributed by atoms with Crippen molar-refractivity contribution < 1.29 is 89.4 Å². The Hall–Kier alpha value is -6.35. The molecule has 1 aliphatic heterocycles. The Morgan fingerprint density at radius 1 is 0.620 bits per heavy atom. The highest BCUT2D eigenvalue weighted by atomic mass is 19.4. The van der Waals surface area contributed by atoms with E-state index in [0.29, 0.717) is 16.7 Å². The van der Waals surface area contributed by atoms with Crippen LogP contribution in [0.5, 0.6) is 0 Å². The summed E-state index contributed by atoms with van der Waals surface area (Å²) in [5.41, 5.74) is -2.61. The fourth-order valence-corrected chi connectivity index (χ4v) is 8.21. The summed E-state index contributed by atoms with van der Waals surface area (Å²) in [4.78, 5) is 44.6. The minimum atomic E-state index is -8.03. The van der Waals surface area contributed by atoms with Crippen LogP contribution in [0.1, 0.15) is 53.6 Å². The van der Waals surface area contributed by atoms with Crippen LogP contribution in [0.3, 0.4) is 0 Å². The monoisotopic (exact) mass is 1020 g/mol. The third kappa shape index (κ3) is 9.99. The highest BCUT2D eigenvalue weighted by Crippen LogP contribution is 2.61. The molecule has 6 nitrogen and oxygen atoms in total. The van der Waals surface area contributed by atoms with Gasteiger partial charge in [0.2, 0.25) is 0 Å². The number of halogens is 16. The first-order valence-corrected chi connectivity index (χ1v) is 21.3. The summed E-state index contributed by atoms with van der Waals surface area (Å²) >= 11 is 0. The third-order valence-corrected chi connectivity index (χ3v) is 12.4. The minimum Gasteiger partial charge on any atom is -0.445 e. The number of nitrogens with one attached hydrogen (secondary N) is 1. The number of ketones is 1. The molecule has 0 radical (unpaired) electrons. The normalized spacial score (nSPS) is 18.0. The Balaban J connectivity index is 1.31. The van der Waals surface area contributed by atoms with Crippen LogP contribution < -0.4 is 5.32 Å². The molecule has 4 aromatic rings. The van der Waals surface area contributed by atoms with Gasteiger partial charge in [-0.25, -0.2) is 4.79 Å². The zero-order valence-electron chi connectivity index (χ0n) is 37.0. The van der Waals surface area contributed by atoms with Crippen molar-refractivity contribution >= 4 is 23.4 Å². The Bertz CT molecular complexity index is 2660. The zero-order chi connectivity index (χ0) is 52.8. The van der Waals surface area contributed by atoms with Gasteiger partial charge < -0.3 is 10.1 Å². The van der Waals surface area contributed by atoms with Crippen LogP contribution in [0.25, 0.3) is 5.57 Å². The van der Waals surface area contributed by atoms with Crippen LogP contribution in [0.4, 0.5) is 75.0 Å². The van der Waals surface area contributed by atoms with Gasteiger partial charge in [-0.3, -0.25) is 14.5 Å². The SMILES string of the molecule is CC1(C)C(=O)C(c2ccccc2)=C2CN(C(=O)OCc3ccc(CCC(F)(F)C(F)(F)C(F)(F)C(F)(F)C(F)(F)C(F)(F)F)cc3)C(Cc3ccc(C(F)(F)F)cc3)(C(=O)NCCc3ccccc3)C=C21. The largest absolute Gasteiger partial charge is 0.460 e. The highest BCUT2D eigenvalue weighted by Gasteiger charge is 2.90. The topological polar surface area (TPSA) is 75.7 Å². The van der Waals surface area contributed by atoms with E-state index in [-0.39, 0.29) is 35.4 Å². The third-order valence-electron chi connectivity index (χ3n) is 12.4. The number of fused-ring (bicyclic) bond motifs is 1. The van der Waals surface area contributed by atoms with Crippen molar-refractivity contribution in [3.63, 3.8) is 0 Å². The molecule has 1 N–H and O–H groups in total. The molecule has 0 saturated carbocycles. The second-order valence-corrected chi connectivity index (χ2v) is 17.5. The maximum absolute atomic E-state index is 14.8. The molecule has 0 saturated heterocycles. The number of aryl methyl sites for hydroxylation is 1. The molecule has 2 amide bonds. The van der Waals surface area contributed by atoms with Crippen molar-refractivity contribution in [2.45, 2.75) is 93.6 Å². The van der Waals surface area contributed by atoms with E-state index < -0.39 is 108 Å². The molecule has 71 heavy (non-hydrogen) atoms. The lowest BCUT2D eigenvalue weighted by Crippen LogP contribution is -2.70. The predicted octanol–water partition coefficient (Wildman–Crippen LogP) is 12.7. The number of ether oxygens (including phenoxy) is 1. The van der Waals surface area contributed by atoms with E-state index in [1.54, 1.807) is 74.5 Å². The molecule has 382 valence electrons. The quantitative estimate of drug-likeness (QED) is 0.113. The van der Waals surface area contributed by atoms with Crippen LogP contribution in [0.2, 0.25) is 0 Å². The van der Waals surface area contributed by atoms with E-state index in [1.165, 1.54) is 6.08 Å². The fourth-order valence-electron chi connectivity index (χ4n) is 8.21. The van der Waals surface area contributed by atoms with Crippen molar-refractivity contribution in [2.24, 2.45) is 5.41 Å². The predicted molar refractivity (Wildman–Crippen MR) is 224 cm³/mol. The number of carbonyl (C=O) groups excluding carboxylic acids is 3. The molecule has 1 unspecified atom stereocenters. The number of hydrogen-bond acceptors (Lipinski definition) is 4. The van der Waals surface area contributed by atoms with Gasteiger partial charge in [-0.15, -0.1) is 0 Å². The number of rotatable bonds is 16. The van der Waals surface area contributed by atoms with Crippen LogP contribution in [0.15, 0.2) is 126 Å². The number of benzene rings is 4. The van der Waals surface area contributed by atoms with E-state index in [4.69, 9.17) is 4.74 Å². The molecule has 1 heterocycles. The molecule has 0 aromatic heterocycles. The molecule has 1 aliphatic carbocycles. The second kappa shape index (κ2) is 19.0. The van der Waals surface area contributed by atoms with Crippen molar-refractivity contribution in [1.29, 1.82) is 0 Å². The molecule has 0 fully saturated rings. The van der Waals surface area contributed by atoms with Gasteiger partial charge in [-0.1, -0.05) is 97.1 Å². The van der Waals surface area contributed by atoms with E-state index in [9.17, 15) is 84.6 Å². The van der Waals surface area contributed by atoms with Gasteiger partial charge in [0.25, 0.3) is 5.91 Å². The molecule has 4 aromatic carbocycles. The Labute approximate surface area is 394 Å². The van der Waals surface area contributed by atoms with Crippen LogP contribution in [-0.4, -0.2) is 77.1 Å². The first kappa shape index (κ1) is 54.0. The van der Waals surface area contributed by atoms with Crippen LogP contribution >= 0.6 is 0 Å². The van der Waals surface area contributed by atoms with E-state index in [2.05, 4.69) is 5.32 Å². The molecular formula is C49H40F16N2O4. The standard InChI is InChI=1S/C49H40F16N2O4/c1-41(2)36-26-42(25-31-17-19-34(20-18-31)44(52,53)54,39(69)66-24-22-29-9-5-3-6-10-29)67(27-35(36)37(38(41)68)33-11-7-4-8-12-33)40(70)71-28-32-15-13-30(14-16-32)21-23-43(50,51)45(55,56)46(57,58)47(59,60)48(61,62)49(63,64)65/h3-20,26H,21-25,27-28H2,1-2H3,(H,66,69). The maximum Gasteiger partial charge on any atom is 0.460 e. The summed E-state index contributed by atoms with van der Waals surface area (Å²) in [6.45, 7) is 2.00. The number of carbonyl (C=O) groups is 3. The average Bonchev–Trinajstić information content (AvgIpc) is 3.49. The molecule has 2 aliphatic rings. The summed E-state index contributed by atoms with van der Waals surface area (Å²) in [6.07, 6.45) is -16.1. The first-order valence-electron chi connectivity index (χ1n) is 21.3. The lowest BCUT2D eigenvalue weighted by molar-refractivity contribution is -0.440. The van der Waals surface area contributed by atoms with Gasteiger partial charge in [0.1, 0.15) is 12.1 Å². The number of Topliss-reactive ketones (excluding diaryl/α,β-unsaturated/α-hetero) is 1. The number of amides is 2. The van der Waals surface area contributed by atoms with Crippen LogP contribution in [0, 0.1) is 5.41 Å². The molecule has 0 spiro atoms. The number of allylic oxidation sites excluding steroid dienone is 1. The Kier molecular flexibility index (Phi) is 14.5. The van der Waals surface area contributed by atoms with Crippen molar-refractivity contribution in [2.75, 3.05) is 13.1 Å². The van der Waals surface area contributed by atoms with E-state index in [1.807, 2.05) is 0 Å². The Morgan fingerprint density at radius 2 is 1.13 bits per heavy atom. The summed E-state index contributed by atoms with van der Waals surface area (Å²) in [5.74, 6) is -38.8. The fraction of sp³-hybridized carbons (Fsp3) is 0.367. The number of hydrogen-bond donors (Lipinski definition) is 1. The minimum absolute atomic E-state index is 0.00927. The van der Waals surface area contributed by atoms with Gasteiger partial charge in [-0.05, 0) is 83.9 Å². The zero-order valence-corrected chi connectivity index (χ0v) is 37.0. The van der Waals surface area contributed by atoms with Crippen molar-refractivity contribution in [1.82, 2.24) is 10.2 Å². The summed E-state index contributed by atoms with van der Waals surface area (Å²) < 4.78 is 224. The number of alkyl halides is 16. The van der Waals surface area contributed by atoms with Gasteiger partial charge in [-0.2, -0.15) is 70.2 Å². The van der Waals surface area contributed by atoms with E-state index >= 15 is 0 Å². The van der Waals surface area contributed by atoms with E-state index in [0.717, 1.165) is 59.0 Å². The highest BCUT2D eigenvalue weighted by molar-refractivity contribution is 6.29. The summed E-state index contributed by atoms with van der Waals surface area (Å²) in [6, 6.07) is 24.8. The smallest absolute Gasteiger partial charge is 0.445 e. The van der Waals surface area contributed by atoms with Gasteiger partial charge in [0.15, 0.2) is 5.78 Å². The molecule has 6 rings (SSSR count). The number of nitrogens with zero attached hydrogens (tertiary/aromatic N) is 1. The molecule has 1 atom stereocenters. The van der Waals surface area contributed by atoms with Gasteiger partial charge >= 0.3 is 48.1 Å². The first-order chi connectivity index (χ1) is 32.7. The molecule has 0 bridgehead atoms. The lowest BCUT2D eigenvalue weighted by atomic mass is 9.75. The maximum atomic E-state index is 14.8. The van der Waals surface area contributed by atoms with Crippen LogP contribution in [-0.2, 0) is 46.4 Å². The average molecular weight is 1020 g/mol. The summed E-state index contributed by atoms with van der Waals surface area (Å²) in [5, 5.41) is 2.81. The van der Waals surface area contributed by atoms with Crippen molar-refractivity contribution in [3.05, 3.63) is 160 Å².